The lowest BCUT2D eigenvalue weighted by atomic mass is 10.0. The van der Waals surface area contributed by atoms with Crippen LogP contribution in [0, 0.1) is 23.3 Å². The van der Waals surface area contributed by atoms with Gasteiger partial charge in [0.2, 0.25) is 17.8 Å². The Morgan fingerprint density at radius 3 is 1.70 bits per heavy atom. The number of carbonyl (C=O) groups excluding carboxylic acids is 3. The largest absolute Gasteiger partial charge is 0.453 e. The van der Waals surface area contributed by atoms with Gasteiger partial charge >= 0.3 is 6.09 Å². The Labute approximate surface area is 333 Å². The molecule has 2 fully saturated rings. The minimum absolute atomic E-state index is 0.0658. The summed E-state index contributed by atoms with van der Waals surface area (Å²) in [5.41, 5.74) is 5.81. The van der Waals surface area contributed by atoms with Gasteiger partial charge in [0, 0.05) is 27.2 Å². The van der Waals surface area contributed by atoms with Crippen molar-refractivity contribution < 1.29 is 19.1 Å². The number of methoxy groups -OCH3 is 1. The molecular formula is C42H53N11O4. The van der Waals surface area contributed by atoms with Crippen LogP contribution in [-0.4, -0.2) is 105 Å². The van der Waals surface area contributed by atoms with Crippen LogP contribution in [0.5, 0.6) is 0 Å². The van der Waals surface area contributed by atoms with Crippen LogP contribution >= 0.6 is 0 Å². The van der Waals surface area contributed by atoms with Gasteiger partial charge in [0.1, 0.15) is 23.7 Å². The molecule has 0 saturated carbocycles. The third-order valence-corrected chi connectivity index (χ3v) is 10.7. The Kier molecular flexibility index (Phi) is 12.6. The number of benzene rings is 2. The summed E-state index contributed by atoms with van der Waals surface area (Å²) < 4.78 is 4.76. The Bertz CT molecular complexity index is 2100. The molecule has 4 aromatic rings. The van der Waals surface area contributed by atoms with Crippen molar-refractivity contribution in [3.05, 3.63) is 72.6 Å². The number of rotatable bonds is 11. The maximum absolute atomic E-state index is 13.9. The Morgan fingerprint density at radius 2 is 1.28 bits per heavy atom. The van der Waals surface area contributed by atoms with E-state index < -0.39 is 18.2 Å². The summed E-state index contributed by atoms with van der Waals surface area (Å²) in [6.07, 6.45) is 8.21. The minimum Gasteiger partial charge on any atom is -0.453 e. The summed E-state index contributed by atoms with van der Waals surface area (Å²) in [6.45, 7) is 8.94. The number of nitrogens with one attached hydrogen (secondary N) is 4. The number of amides is 3. The van der Waals surface area contributed by atoms with Gasteiger partial charge in [-0.15, -0.1) is 0 Å². The van der Waals surface area contributed by atoms with Gasteiger partial charge in [0.25, 0.3) is 0 Å². The molecule has 4 atom stereocenters. The number of aliphatic imine (C=N–C) groups is 1. The fourth-order valence-corrected chi connectivity index (χ4v) is 7.60. The standard InChI is InChI=1S/C42H53N11O4/c1-25(2)35(49-41(46-24-43)51(5)6)39(54)52-20-8-10-33(52)37-44-22-31(47-37)29-16-12-27(13-17-29)28-14-18-30(19-15-28)32-23-45-38(48-32)34-11-9-21-53(34)40(55)36(26(3)4)50-42(56)57-7/h12-19,22-23,25-26,33-36H,8-11,20-21H2,1-7H3,(H,44,47)(H,45,48)(H,46,49)(H,50,56)/t33-,34-,35-,36-/m0/s1. The molecule has 0 unspecified atom stereocenters. The number of carbonyl (C=O) groups is 3. The maximum Gasteiger partial charge on any atom is 0.407 e. The fraction of sp³-hybridized carbons (Fsp3) is 0.452. The number of nitriles is 1. The predicted molar refractivity (Wildman–Crippen MR) is 217 cm³/mol. The van der Waals surface area contributed by atoms with Gasteiger partial charge in [-0.25, -0.2) is 19.8 Å². The molecule has 4 N–H and O–H groups in total. The second-order valence-corrected chi connectivity index (χ2v) is 15.5. The lowest BCUT2D eigenvalue weighted by Gasteiger charge is -2.30. The van der Waals surface area contributed by atoms with E-state index in [1.165, 1.54) is 7.11 Å². The van der Waals surface area contributed by atoms with Crippen molar-refractivity contribution >= 4 is 23.9 Å². The molecule has 0 bridgehead atoms. The lowest BCUT2D eigenvalue weighted by Crippen LogP contribution is -2.51. The molecule has 2 aromatic carbocycles. The molecule has 15 nitrogen and oxygen atoms in total. The Morgan fingerprint density at radius 1 is 0.807 bits per heavy atom. The van der Waals surface area contributed by atoms with Gasteiger partial charge in [-0.3, -0.25) is 14.9 Å². The summed E-state index contributed by atoms with van der Waals surface area (Å²) in [5.74, 6) is 1.43. The van der Waals surface area contributed by atoms with Crippen molar-refractivity contribution in [1.82, 2.24) is 45.3 Å². The van der Waals surface area contributed by atoms with Crippen LogP contribution in [0.2, 0.25) is 0 Å². The van der Waals surface area contributed by atoms with Crippen LogP contribution in [-0.2, 0) is 14.3 Å². The highest BCUT2D eigenvalue weighted by Gasteiger charge is 2.38. The number of nitrogens with zero attached hydrogens (tertiary/aromatic N) is 7. The molecule has 0 spiro atoms. The van der Waals surface area contributed by atoms with Crippen molar-refractivity contribution in [2.24, 2.45) is 16.8 Å². The van der Waals surface area contributed by atoms with Gasteiger partial charge in [0.05, 0.1) is 43.0 Å². The van der Waals surface area contributed by atoms with Crippen molar-refractivity contribution in [1.29, 1.82) is 5.26 Å². The van der Waals surface area contributed by atoms with Gasteiger partial charge in [-0.2, -0.15) is 5.26 Å². The number of hydrogen-bond donors (Lipinski definition) is 4. The number of alkyl carbamates (subject to hydrolysis) is 1. The first-order valence-corrected chi connectivity index (χ1v) is 19.6. The topological polar surface area (TPSA) is 188 Å². The van der Waals surface area contributed by atoms with Crippen molar-refractivity contribution in [2.45, 2.75) is 77.5 Å². The summed E-state index contributed by atoms with van der Waals surface area (Å²) in [5, 5.41) is 14.5. The highest BCUT2D eigenvalue weighted by atomic mass is 16.5. The van der Waals surface area contributed by atoms with E-state index in [-0.39, 0.29) is 35.7 Å². The molecule has 300 valence electrons. The molecule has 2 aliphatic rings. The van der Waals surface area contributed by atoms with E-state index in [1.807, 2.05) is 49.9 Å². The minimum atomic E-state index is -0.687. The number of likely N-dealkylation sites (tertiary alicyclic amines) is 2. The average molecular weight is 776 g/mol. The van der Waals surface area contributed by atoms with E-state index in [2.05, 4.69) is 79.1 Å². The van der Waals surface area contributed by atoms with Crippen LogP contribution in [0.25, 0.3) is 33.6 Å². The molecule has 2 aliphatic heterocycles. The summed E-state index contributed by atoms with van der Waals surface area (Å²) in [4.78, 5) is 65.7. The van der Waals surface area contributed by atoms with E-state index in [0.29, 0.717) is 19.0 Å². The highest BCUT2D eigenvalue weighted by Crippen LogP contribution is 2.35. The maximum atomic E-state index is 13.9. The number of imidazole rings is 2. The normalized spacial score (nSPS) is 18.1. The smallest absolute Gasteiger partial charge is 0.407 e. The van der Waals surface area contributed by atoms with Crippen LogP contribution in [0.15, 0.2) is 65.9 Å². The molecule has 3 amide bonds. The molecule has 57 heavy (non-hydrogen) atoms. The van der Waals surface area contributed by atoms with Crippen molar-refractivity contribution in [2.75, 3.05) is 34.3 Å². The van der Waals surface area contributed by atoms with E-state index in [9.17, 15) is 19.6 Å². The summed E-state index contributed by atoms with van der Waals surface area (Å²) in [6, 6.07) is 14.8. The van der Waals surface area contributed by atoms with Crippen LogP contribution in [0.1, 0.15) is 77.1 Å². The number of guanidine groups is 1. The monoisotopic (exact) mass is 775 g/mol. The van der Waals surface area contributed by atoms with Crippen molar-refractivity contribution in [3.8, 4) is 39.8 Å². The lowest BCUT2D eigenvalue weighted by molar-refractivity contribution is -0.136. The van der Waals surface area contributed by atoms with Gasteiger partial charge in [-0.05, 0) is 59.8 Å². The molecule has 2 aromatic heterocycles. The Balaban J connectivity index is 1.11. The van der Waals surface area contributed by atoms with Gasteiger partial charge in [0.15, 0.2) is 6.19 Å². The fourth-order valence-electron chi connectivity index (χ4n) is 7.60. The number of aromatic amines is 2. The third kappa shape index (κ3) is 8.95. The van der Waals surface area contributed by atoms with Crippen LogP contribution < -0.4 is 10.6 Å². The van der Waals surface area contributed by atoms with Gasteiger partial charge < -0.3 is 34.7 Å². The number of hydrogen-bond acceptors (Lipinski definition) is 8. The zero-order chi connectivity index (χ0) is 40.8. The summed E-state index contributed by atoms with van der Waals surface area (Å²) >= 11 is 0. The first kappa shape index (κ1) is 40.5. The number of aromatic nitrogens is 4. The van der Waals surface area contributed by atoms with Crippen LogP contribution in [0.3, 0.4) is 0 Å². The molecule has 4 heterocycles. The third-order valence-electron chi connectivity index (χ3n) is 10.7. The quantitative estimate of drug-likeness (QED) is 0.0627. The van der Waals surface area contributed by atoms with E-state index in [1.54, 1.807) is 25.2 Å². The Hall–Kier alpha value is -6.17. The van der Waals surface area contributed by atoms with E-state index >= 15 is 0 Å². The zero-order valence-corrected chi connectivity index (χ0v) is 33.7. The number of ether oxygens (including phenoxy) is 1. The van der Waals surface area contributed by atoms with Gasteiger partial charge in [-0.1, -0.05) is 76.2 Å². The average Bonchev–Trinajstić information content (AvgIpc) is 4.05. The van der Waals surface area contributed by atoms with Crippen molar-refractivity contribution in [3.63, 3.8) is 0 Å². The first-order chi connectivity index (χ1) is 27.4. The van der Waals surface area contributed by atoms with E-state index in [4.69, 9.17) is 9.72 Å². The summed E-state index contributed by atoms with van der Waals surface area (Å²) in [7, 11) is 4.85. The SMILES string of the molecule is COC(=O)N[C@H](C(=O)N1CCC[C@H]1c1ncc(-c2ccc(-c3ccc(-c4cnc([C@@H]5CCCN5C(=O)[C@@H](N=C(NC#N)N(C)C)C(C)C)[nH]4)cc3)cc2)[nH]1)C(C)C. The molecule has 0 radical (unpaired) electrons. The molecule has 6 rings (SSSR count). The number of H-pyrrole nitrogens is 2. The molecule has 15 heteroatoms. The van der Waals surface area contributed by atoms with E-state index in [0.717, 1.165) is 71.0 Å². The highest BCUT2D eigenvalue weighted by molar-refractivity contribution is 5.88. The first-order valence-electron chi connectivity index (χ1n) is 19.6. The molecule has 0 aliphatic carbocycles. The molecule has 2 saturated heterocycles. The molecular weight excluding hydrogens is 723 g/mol. The predicted octanol–water partition coefficient (Wildman–Crippen LogP) is 5.85. The second-order valence-electron chi connectivity index (χ2n) is 15.5. The second kappa shape index (κ2) is 17.7. The zero-order valence-electron chi connectivity index (χ0n) is 33.7. The van der Waals surface area contributed by atoms with Crippen LogP contribution in [0.4, 0.5) is 4.79 Å².